The van der Waals surface area contributed by atoms with E-state index < -0.39 is 6.17 Å². The number of nitrogens with zero attached hydrogens (tertiary/aromatic N) is 1. The fourth-order valence-electron chi connectivity index (χ4n) is 5.55. The molecule has 0 amide bonds. The monoisotopic (exact) mass is 437 g/mol. The Bertz CT molecular complexity index is 1880. The first-order valence-corrected chi connectivity index (χ1v) is 11.6. The Morgan fingerprint density at radius 1 is 0.500 bits per heavy atom. The average Bonchev–Trinajstić information content (AvgIpc) is 3.24. The van der Waals surface area contributed by atoms with Crippen LogP contribution >= 0.6 is 0 Å². The van der Waals surface area contributed by atoms with Gasteiger partial charge >= 0.3 is 0 Å². The fraction of sp³-hybridized carbons (Fsp3) is 0.0323. The molecule has 0 bridgehead atoms. The molecule has 1 aromatic heterocycles. The van der Waals surface area contributed by atoms with Crippen LogP contribution in [0.2, 0.25) is 0 Å². The summed E-state index contributed by atoms with van der Waals surface area (Å²) in [5, 5.41) is 10.2. The van der Waals surface area contributed by atoms with E-state index in [1.807, 2.05) is 12.1 Å². The van der Waals surface area contributed by atoms with Gasteiger partial charge in [-0.25, -0.2) is 0 Å². The molecule has 0 atom stereocenters. The quantitative estimate of drug-likeness (QED) is 0.223. The minimum Gasteiger partial charge on any atom is -0.312 e. The highest BCUT2D eigenvalue weighted by atomic mass is 15.0. The van der Waals surface area contributed by atoms with E-state index in [1.165, 1.54) is 54.1 Å². The molecule has 6 aromatic carbocycles. The summed E-state index contributed by atoms with van der Waals surface area (Å²) in [6, 6.07) is 39.0. The van der Waals surface area contributed by atoms with Crippen molar-refractivity contribution in [3.63, 3.8) is 0 Å². The number of nitrogens with two attached hydrogens (primary N) is 2. The van der Waals surface area contributed by atoms with Crippen LogP contribution in [0.1, 0.15) is 11.7 Å². The van der Waals surface area contributed by atoms with Crippen LogP contribution in [0, 0.1) is 0 Å². The Hall–Kier alpha value is -4.18. The standard InChI is InChI=1S/C31H23N3/c32-31(33)20-13-16-21(17-14-20)34-27-12-6-5-11-26(27)29-28-22-8-2-1-7-19(22)15-18-24(28)23-9-3-4-10-25(23)30(29)34/h1-18,31H,32-33H2. The second-order valence-corrected chi connectivity index (χ2v) is 8.95. The van der Waals surface area contributed by atoms with E-state index in [9.17, 15) is 0 Å². The first-order valence-electron chi connectivity index (χ1n) is 11.6. The molecule has 4 N–H and O–H groups in total. The summed E-state index contributed by atoms with van der Waals surface area (Å²) < 4.78 is 2.39. The number of fused-ring (bicyclic) bond motifs is 10. The van der Waals surface area contributed by atoms with E-state index in [4.69, 9.17) is 11.5 Å². The van der Waals surface area contributed by atoms with Gasteiger partial charge in [-0.2, -0.15) is 0 Å². The van der Waals surface area contributed by atoms with Gasteiger partial charge in [0.1, 0.15) is 0 Å². The molecule has 3 heteroatoms. The van der Waals surface area contributed by atoms with Crippen LogP contribution in [-0.4, -0.2) is 4.57 Å². The molecule has 0 fully saturated rings. The third kappa shape index (κ3) is 2.59. The van der Waals surface area contributed by atoms with Crippen molar-refractivity contribution in [3.05, 3.63) is 115 Å². The number of aromatic nitrogens is 1. The molecular weight excluding hydrogens is 414 g/mol. The zero-order valence-electron chi connectivity index (χ0n) is 18.6. The summed E-state index contributed by atoms with van der Waals surface area (Å²) >= 11 is 0. The maximum atomic E-state index is 5.92. The molecule has 0 aliphatic carbocycles. The van der Waals surface area contributed by atoms with Gasteiger partial charge in [0.2, 0.25) is 0 Å². The molecular formula is C31H23N3. The van der Waals surface area contributed by atoms with Crippen molar-refractivity contribution in [2.45, 2.75) is 6.17 Å². The van der Waals surface area contributed by atoms with Crippen LogP contribution in [0.5, 0.6) is 0 Å². The van der Waals surface area contributed by atoms with Crippen LogP contribution in [0.3, 0.4) is 0 Å². The van der Waals surface area contributed by atoms with Gasteiger partial charge in [-0.3, -0.25) is 0 Å². The zero-order chi connectivity index (χ0) is 22.8. The van der Waals surface area contributed by atoms with Crippen molar-refractivity contribution >= 4 is 54.1 Å². The lowest BCUT2D eigenvalue weighted by Gasteiger charge is -2.14. The number of benzene rings is 6. The van der Waals surface area contributed by atoms with E-state index in [1.54, 1.807) is 0 Å². The number of hydrogen-bond donors (Lipinski definition) is 2. The van der Waals surface area contributed by atoms with Crippen molar-refractivity contribution < 1.29 is 0 Å². The van der Waals surface area contributed by atoms with Gasteiger partial charge in [-0.1, -0.05) is 91.0 Å². The maximum Gasteiger partial charge on any atom is 0.0784 e. The Labute approximate surface area is 196 Å². The Morgan fingerprint density at radius 2 is 1.15 bits per heavy atom. The molecule has 0 unspecified atom stereocenters. The van der Waals surface area contributed by atoms with Crippen molar-refractivity contribution in [1.29, 1.82) is 0 Å². The summed E-state index contributed by atoms with van der Waals surface area (Å²) in [6.07, 6.45) is -0.483. The topological polar surface area (TPSA) is 57.0 Å². The third-order valence-electron chi connectivity index (χ3n) is 7.06. The average molecular weight is 438 g/mol. The minimum atomic E-state index is -0.483. The molecule has 0 aliphatic rings. The predicted molar refractivity (Wildman–Crippen MR) is 144 cm³/mol. The predicted octanol–water partition coefficient (Wildman–Crippen LogP) is 7.16. The lowest BCUT2D eigenvalue weighted by Crippen LogP contribution is -2.19. The van der Waals surface area contributed by atoms with Crippen molar-refractivity contribution in [2.24, 2.45) is 11.5 Å². The highest BCUT2D eigenvalue weighted by Gasteiger charge is 2.19. The van der Waals surface area contributed by atoms with Crippen LogP contribution in [0.15, 0.2) is 109 Å². The largest absolute Gasteiger partial charge is 0.312 e. The fourth-order valence-corrected chi connectivity index (χ4v) is 5.55. The number of rotatable bonds is 2. The van der Waals surface area contributed by atoms with Gasteiger partial charge in [0.15, 0.2) is 0 Å². The Morgan fingerprint density at radius 3 is 1.91 bits per heavy atom. The second-order valence-electron chi connectivity index (χ2n) is 8.95. The van der Waals surface area contributed by atoms with Crippen LogP contribution in [0.4, 0.5) is 0 Å². The van der Waals surface area contributed by atoms with E-state index in [2.05, 4.69) is 102 Å². The molecule has 162 valence electrons. The molecule has 0 saturated heterocycles. The van der Waals surface area contributed by atoms with Gasteiger partial charge in [-0.05, 0) is 45.3 Å². The lowest BCUT2D eigenvalue weighted by molar-refractivity contribution is 0.773. The van der Waals surface area contributed by atoms with Gasteiger partial charge in [0.05, 0.1) is 17.2 Å². The Kier molecular flexibility index (Phi) is 4.06. The summed E-state index contributed by atoms with van der Waals surface area (Å²) in [6.45, 7) is 0. The molecule has 34 heavy (non-hydrogen) atoms. The van der Waals surface area contributed by atoms with Gasteiger partial charge in [0.25, 0.3) is 0 Å². The first kappa shape index (κ1) is 19.3. The first-order chi connectivity index (χ1) is 16.7. The summed E-state index contributed by atoms with van der Waals surface area (Å²) in [5.74, 6) is 0. The smallest absolute Gasteiger partial charge is 0.0784 e. The molecule has 0 spiro atoms. The normalized spacial score (nSPS) is 12.1. The minimum absolute atomic E-state index is 0.483. The molecule has 0 radical (unpaired) electrons. The van der Waals surface area contributed by atoms with Crippen molar-refractivity contribution in [2.75, 3.05) is 0 Å². The molecule has 0 aliphatic heterocycles. The summed E-state index contributed by atoms with van der Waals surface area (Å²) in [5.41, 5.74) is 16.3. The zero-order valence-corrected chi connectivity index (χ0v) is 18.6. The molecule has 3 nitrogen and oxygen atoms in total. The summed E-state index contributed by atoms with van der Waals surface area (Å²) in [7, 11) is 0. The SMILES string of the molecule is NC(N)c1ccc(-n2c3ccccc3c3c4c5ccccc5ccc4c4ccccc4c32)cc1. The maximum absolute atomic E-state index is 5.92. The Balaban J connectivity index is 1.78. The molecule has 0 saturated carbocycles. The second kappa shape index (κ2) is 7.16. The molecule has 7 aromatic rings. The molecule has 1 heterocycles. The van der Waals surface area contributed by atoms with E-state index in [0.29, 0.717) is 0 Å². The third-order valence-corrected chi connectivity index (χ3v) is 7.06. The van der Waals surface area contributed by atoms with Crippen molar-refractivity contribution in [3.8, 4) is 5.69 Å². The number of hydrogen-bond acceptors (Lipinski definition) is 2. The highest BCUT2D eigenvalue weighted by molar-refractivity contribution is 6.36. The van der Waals surface area contributed by atoms with Crippen molar-refractivity contribution in [1.82, 2.24) is 4.57 Å². The van der Waals surface area contributed by atoms with E-state index in [-0.39, 0.29) is 0 Å². The van der Waals surface area contributed by atoms with Gasteiger partial charge in [-0.15, -0.1) is 0 Å². The highest BCUT2D eigenvalue weighted by Crippen LogP contribution is 2.44. The van der Waals surface area contributed by atoms with Gasteiger partial charge in [0, 0.05) is 27.2 Å². The lowest BCUT2D eigenvalue weighted by atomic mass is 9.93. The van der Waals surface area contributed by atoms with Crippen LogP contribution < -0.4 is 11.5 Å². The number of para-hydroxylation sites is 1. The summed E-state index contributed by atoms with van der Waals surface area (Å²) in [4.78, 5) is 0. The van der Waals surface area contributed by atoms with E-state index >= 15 is 0 Å². The van der Waals surface area contributed by atoms with Gasteiger partial charge < -0.3 is 16.0 Å². The van der Waals surface area contributed by atoms with E-state index in [0.717, 1.165) is 11.3 Å². The van der Waals surface area contributed by atoms with Crippen LogP contribution in [-0.2, 0) is 0 Å². The van der Waals surface area contributed by atoms with Crippen LogP contribution in [0.25, 0.3) is 59.8 Å². The molecule has 7 rings (SSSR count).